The van der Waals surface area contributed by atoms with Gasteiger partial charge >= 0.3 is 12.3 Å². The number of carbonyl (C=O) groups excluding carboxylic acids is 1. The van der Waals surface area contributed by atoms with Crippen LogP contribution in [0.1, 0.15) is 37.0 Å². The summed E-state index contributed by atoms with van der Waals surface area (Å²) in [6.07, 6.45) is -3.90. The van der Waals surface area contributed by atoms with E-state index in [9.17, 15) is 36.3 Å². The summed E-state index contributed by atoms with van der Waals surface area (Å²) in [5.74, 6) is -2.13. The van der Waals surface area contributed by atoms with Crippen LogP contribution < -0.4 is 4.74 Å². The third kappa shape index (κ3) is 5.96. The summed E-state index contributed by atoms with van der Waals surface area (Å²) >= 11 is 0. The maximum absolute atomic E-state index is 13.7. The second-order valence-corrected chi connectivity index (χ2v) is 11.7. The van der Waals surface area contributed by atoms with Crippen LogP contribution in [0.5, 0.6) is 5.75 Å². The monoisotopic (exact) mass is 554 g/mol. The predicted octanol–water partition coefficient (Wildman–Crippen LogP) is 3.63. The molecule has 0 radical (unpaired) electrons. The van der Waals surface area contributed by atoms with Crippen molar-refractivity contribution in [1.29, 1.82) is 0 Å². The summed E-state index contributed by atoms with van der Waals surface area (Å²) < 4.78 is 69.7. The van der Waals surface area contributed by atoms with Gasteiger partial charge in [-0.1, -0.05) is 24.3 Å². The van der Waals surface area contributed by atoms with Gasteiger partial charge < -0.3 is 14.7 Å². The number of carbonyl (C=O) groups is 2. The molecule has 4 rings (SSSR count). The number of sulfonamides is 1. The number of hydrogen-bond donors (Lipinski definition) is 1. The Hall–Kier alpha value is -3.12. The minimum Gasteiger partial charge on any atom is -0.481 e. The van der Waals surface area contributed by atoms with Crippen LogP contribution in [0.3, 0.4) is 0 Å². The van der Waals surface area contributed by atoms with Gasteiger partial charge in [-0.05, 0) is 68.0 Å². The van der Waals surface area contributed by atoms with E-state index < -0.39 is 40.4 Å². The Labute approximate surface area is 219 Å². The molecule has 3 unspecified atom stereocenters. The van der Waals surface area contributed by atoms with Gasteiger partial charge in [-0.3, -0.25) is 9.59 Å². The van der Waals surface area contributed by atoms with Gasteiger partial charge in [0.2, 0.25) is 15.9 Å². The van der Waals surface area contributed by atoms with Gasteiger partial charge in [0.1, 0.15) is 5.75 Å². The Morgan fingerprint density at radius 3 is 2.24 bits per heavy atom. The van der Waals surface area contributed by atoms with E-state index in [0.29, 0.717) is 24.0 Å². The maximum Gasteiger partial charge on any atom is 0.573 e. The van der Waals surface area contributed by atoms with Crippen molar-refractivity contribution < 1.29 is 41.0 Å². The van der Waals surface area contributed by atoms with Crippen LogP contribution in [0, 0.1) is 5.92 Å². The summed E-state index contributed by atoms with van der Waals surface area (Å²) in [5.41, 5.74) is 1.95. The zero-order valence-corrected chi connectivity index (χ0v) is 21.8. The van der Waals surface area contributed by atoms with E-state index >= 15 is 0 Å². The smallest absolute Gasteiger partial charge is 0.481 e. The van der Waals surface area contributed by atoms with Crippen LogP contribution in [-0.2, 0) is 38.9 Å². The Morgan fingerprint density at radius 1 is 1.03 bits per heavy atom. The molecule has 38 heavy (non-hydrogen) atoms. The van der Waals surface area contributed by atoms with Crippen molar-refractivity contribution in [3.8, 4) is 5.75 Å². The van der Waals surface area contributed by atoms with Gasteiger partial charge in [0.15, 0.2) is 0 Å². The molecule has 206 valence electrons. The van der Waals surface area contributed by atoms with Crippen molar-refractivity contribution >= 4 is 21.9 Å². The van der Waals surface area contributed by atoms with E-state index in [1.807, 2.05) is 0 Å². The molecular weight excluding hydrogens is 525 g/mol. The molecule has 0 bridgehead atoms. The van der Waals surface area contributed by atoms with Crippen molar-refractivity contribution in [2.75, 3.05) is 13.1 Å². The molecule has 0 saturated carbocycles. The first kappa shape index (κ1) is 27.9. The van der Waals surface area contributed by atoms with E-state index in [2.05, 4.69) is 4.74 Å². The largest absolute Gasteiger partial charge is 0.573 e. The lowest BCUT2D eigenvalue weighted by molar-refractivity contribution is -0.274. The topological polar surface area (TPSA) is 104 Å². The lowest BCUT2D eigenvalue weighted by atomic mass is 10.1. The fourth-order valence-electron chi connectivity index (χ4n) is 5.40. The number of aryl methyl sites for hydroxylation is 1. The third-order valence-electron chi connectivity index (χ3n) is 7.03. The number of benzene rings is 2. The number of amides is 1. The second-order valence-electron chi connectivity index (χ2n) is 9.86. The van der Waals surface area contributed by atoms with Crippen LogP contribution in [0.15, 0.2) is 47.4 Å². The number of nitrogens with zero attached hydrogens (tertiary/aromatic N) is 2. The van der Waals surface area contributed by atoms with Gasteiger partial charge in [0.25, 0.3) is 0 Å². The molecule has 0 aromatic heterocycles. The first-order valence-electron chi connectivity index (χ1n) is 12.3. The molecule has 2 aromatic carbocycles. The molecule has 1 N–H and O–H groups in total. The number of carboxylic acid groups (broad SMARTS) is 1. The molecule has 2 aromatic rings. The van der Waals surface area contributed by atoms with E-state index in [1.54, 1.807) is 30.9 Å². The molecule has 1 heterocycles. The van der Waals surface area contributed by atoms with Gasteiger partial charge in [-0.25, -0.2) is 8.42 Å². The fourth-order valence-corrected chi connectivity index (χ4v) is 7.48. The van der Waals surface area contributed by atoms with Gasteiger partial charge in [0.05, 0.1) is 10.8 Å². The molecule has 2 aliphatic rings. The number of rotatable bonds is 7. The zero-order valence-electron chi connectivity index (χ0n) is 20.9. The minimum absolute atomic E-state index is 0.119. The number of fused-ring (bicyclic) bond motifs is 1. The summed E-state index contributed by atoms with van der Waals surface area (Å²) in [4.78, 5) is 26.2. The molecular formula is C26H29F3N2O6S. The van der Waals surface area contributed by atoms with Crippen molar-refractivity contribution in [1.82, 2.24) is 9.21 Å². The maximum atomic E-state index is 13.7. The highest BCUT2D eigenvalue weighted by atomic mass is 32.2. The number of hydrogen-bond acceptors (Lipinski definition) is 5. The fraction of sp³-hybridized carbons (Fsp3) is 0.462. The Balaban J connectivity index is 1.41. The molecule has 1 aliphatic carbocycles. The molecule has 0 spiro atoms. The Morgan fingerprint density at radius 2 is 1.66 bits per heavy atom. The van der Waals surface area contributed by atoms with Crippen LogP contribution in [0.25, 0.3) is 0 Å². The Kier molecular flexibility index (Phi) is 7.76. The van der Waals surface area contributed by atoms with Crippen LogP contribution in [-0.4, -0.2) is 66.1 Å². The lowest BCUT2D eigenvalue weighted by Gasteiger charge is -2.43. The molecule has 1 fully saturated rings. The minimum atomic E-state index is -4.78. The van der Waals surface area contributed by atoms with Crippen molar-refractivity contribution in [2.45, 2.75) is 62.9 Å². The van der Waals surface area contributed by atoms with Crippen molar-refractivity contribution in [3.05, 3.63) is 59.2 Å². The van der Waals surface area contributed by atoms with E-state index in [-0.39, 0.29) is 42.5 Å². The van der Waals surface area contributed by atoms with Crippen molar-refractivity contribution in [3.63, 3.8) is 0 Å². The van der Waals surface area contributed by atoms with E-state index in [1.165, 1.54) is 34.6 Å². The number of halogens is 3. The van der Waals surface area contributed by atoms with E-state index in [0.717, 1.165) is 5.56 Å². The number of alkyl halides is 3. The summed E-state index contributed by atoms with van der Waals surface area (Å²) in [5, 5.41) is 9.42. The SMILES string of the molecule is CC1CN(C(=O)CCc2ccc(OC(F)(F)F)cc2)CC(C)N1S(=O)(=O)c1cccc2c1CC(C(=O)O)C2. The van der Waals surface area contributed by atoms with Crippen LogP contribution in [0.2, 0.25) is 0 Å². The molecule has 8 nitrogen and oxygen atoms in total. The first-order valence-corrected chi connectivity index (χ1v) is 13.7. The summed E-state index contributed by atoms with van der Waals surface area (Å²) in [6.45, 7) is 3.84. The normalized spacial score (nSPS) is 22.2. The number of piperazine rings is 1. The molecule has 1 saturated heterocycles. The van der Waals surface area contributed by atoms with Crippen LogP contribution >= 0.6 is 0 Å². The average molecular weight is 555 g/mol. The third-order valence-corrected chi connectivity index (χ3v) is 9.24. The highest BCUT2D eigenvalue weighted by Crippen LogP contribution is 2.35. The highest BCUT2D eigenvalue weighted by Gasteiger charge is 2.42. The van der Waals surface area contributed by atoms with Gasteiger partial charge in [-0.2, -0.15) is 4.31 Å². The summed E-state index contributed by atoms with van der Waals surface area (Å²) in [7, 11) is -3.95. The predicted molar refractivity (Wildman–Crippen MR) is 131 cm³/mol. The standard InChI is InChI=1S/C26H29F3N2O6S/c1-16-14-30(24(32)11-8-18-6-9-21(10-7-18)37-26(27,28)29)15-17(2)31(16)38(35,36)23-5-3-4-19-12-20(25(33)34)13-22(19)23/h3-7,9-10,16-17,20H,8,11-15H2,1-2H3,(H,33,34). The lowest BCUT2D eigenvalue weighted by Crippen LogP contribution is -2.59. The van der Waals surface area contributed by atoms with Crippen LogP contribution in [0.4, 0.5) is 13.2 Å². The van der Waals surface area contributed by atoms with Gasteiger partial charge in [0, 0.05) is 31.6 Å². The summed E-state index contributed by atoms with van der Waals surface area (Å²) in [6, 6.07) is 9.21. The first-order chi connectivity index (χ1) is 17.8. The molecule has 1 aliphatic heterocycles. The molecule has 12 heteroatoms. The number of carboxylic acids is 1. The second kappa shape index (κ2) is 10.6. The van der Waals surface area contributed by atoms with Crippen molar-refractivity contribution in [2.24, 2.45) is 5.92 Å². The average Bonchev–Trinajstić information content (AvgIpc) is 3.26. The Bertz CT molecular complexity index is 1300. The molecule has 1 amide bonds. The quantitative estimate of drug-likeness (QED) is 0.561. The number of aliphatic carboxylic acids is 1. The highest BCUT2D eigenvalue weighted by molar-refractivity contribution is 7.89. The van der Waals surface area contributed by atoms with E-state index in [4.69, 9.17) is 0 Å². The molecule has 3 atom stereocenters. The zero-order chi connectivity index (χ0) is 27.8. The number of ether oxygens (including phenoxy) is 1. The van der Waals surface area contributed by atoms with Gasteiger partial charge in [-0.15, -0.1) is 13.2 Å².